The molecule has 180 valence electrons. The molecular weight excluding hydrogens is 461 g/mol. The van der Waals surface area contributed by atoms with Crippen LogP contribution in [0.2, 0.25) is 5.02 Å². The summed E-state index contributed by atoms with van der Waals surface area (Å²) in [5.74, 6) is -0.174. The summed E-state index contributed by atoms with van der Waals surface area (Å²) in [6.45, 7) is 4.35. The Morgan fingerprint density at radius 2 is 1.88 bits per heavy atom. The van der Waals surface area contributed by atoms with Crippen molar-refractivity contribution in [1.82, 2.24) is 9.80 Å². The summed E-state index contributed by atoms with van der Waals surface area (Å²) in [6.07, 6.45) is 3.17. The molecule has 0 saturated carbocycles. The van der Waals surface area contributed by atoms with Crippen molar-refractivity contribution in [3.05, 3.63) is 64.4 Å². The third kappa shape index (κ3) is 5.58. The molecule has 4 rings (SSSR count). The highest BCUT2D eigenvalue weighted by Crippen LogP contribution is 2.32. The lowest BCUT2D eigenvalue weighted by atomic mass is 10.0. The first-order valence-electron chi connectivity index (χ1n) is 11.0. The van der Waals surface area contributed by atoms with Crippen molar-refractivity contribution in [2.24, 2.45) is 0 Å². The van der Waals surface area contributed by atoms with Gasteiger partial charge in [0.05, 0.1) is 37.4 Å². The van der Waals surface area contributed by atoms with Crippen LogP contribution in [0, 0.1) is 5.82 Å². The number of benzene rings is 2. The molecule has 7 nitrogen and oxygen atoms in total. The smallest absolute Gasteiger partial charge is 0.247 e. The summed E-state index contributed by atoms with van der Waals surface area (Å²) < 4.78 is 24.2. The summed E-state index contributed by atoms with van der Waals surface area (Å²) >= 11 is 6.20. The van der Waals surface area contributed by atoms with Gasteiger partial charge in [-0.1, -0.05) is 23.7 Å². The second-order valence-electron chi connectivity index (χ2n) is 8.50. The minimum absolute atomic E-state index is 0.0836. The highest BCUT2D eigenvalue weighted by Gasteiger charge is 2.40. The van der Waals surface area contributed by atoms with Gasteiger partial charge in [0.1, 0.15) is 11.6 Å². The number of anilines is 1. The van der Waals surface area contributed by atoms with Crippen molar-refractivity contribution in [2.45, 2.75) is 25.6 Å². The Bertz CT molecular complexity index is 1080. The van der Waals surface area contributed by atoms with Crippen LogP contribution in [0.25, 0.3) is 6.08 Å². The lowest BCUT2D eigenvalue weighted by Gasteiger charge is -2.49. The molecule has 1 N–H and O–H groups in total. The van der Waals surface area contributed by atoms with Crippen LogP contribution in [-0.2, 0) is 20.9 Å². The number of ether oxygens (including phenoxy) is 2. The SMILES string of the molecule is COc1cc(C=CC(=O)N2C3COCC2CN(Cc2ccc(F)cc2)C3)c(NC(C)=O)cc1Cl. The van der Waals surface area contributed by atoms with E-state index in [1.165, 1.54) is 32.2 Å². The highest BCUT2D eigenvalue weighted by atomic mass is 35.5. The average molecular weight is 488 g/mol. The third-order valence-electron chi connectivity index (χ3n) is 5.96. The molecule has 2 atom stereocenters. The van der Waals surface area contributed by atoms with Crippen LogP contribution in [0.5, 0.6) is 5.75 Å². The van der Waals surface area contributed by atoms with Gasteiger partial charge in [-0.05, 0) is 35.9 Å². The topological polar surface area (TPSA) is 71.1 Å². The van der Waals surface area contributed by atoms with Gasteiger partial charge in [-0.3, -0.25) is 14.5 Å². The number of nitrogens with one attached hydrogen (secondary N) is 1. The van der Waals surface area contributed by atoms with E-state index in [1.807, 2.05) is 4.90 Å². The van der Waals surface area contributed by atoms with E-state index in [0.717, 1.165) is 5.56 Å². The van der Waals surface area contributed by atoms with Gasteiger partial charge in [0, 0.05) is 43.9 Å². The molecule has 2 aliphatic heterocycles. The minimum Gasteiger partial charge on any atom is -0.495 e. The van der Waals surface area contributed by atoms with E-state index < -0.39 is 0 Å². The first-order chi connectivity index (χ1) is 16.3. The van der Waals surface area contributed by atoms with E-state index in [1.54, 1.807) is 30.3 Å². The third-order valence-corrected chi connectivity index (χ3v) is 6.25. The number of hydrogen-bond donors (Lipinski definition) is 1. The molecule has 2 amide bonds. The number of halogens is 2. The molecular formula is C25H27ClFN3O4. The first-order valence-corrected chi connectivity index (χ1v) is 11.4. The standard InChI is InChI=1S/C25H27ClFN3O4/c1-16(31)28-23-10-22(26)24(33-2)9-18(23)5-8-25(32)30-20-12-29(13-21(30)15-34-14-20)11-17-3-6-19(27)7-4-17/h3-10,20-21H,11-15H2,1-2H3,(H,28,31). The number of hydrogen-bond acceptors (Lipinski definition) is 5. The average Bonchev–Trinajstić information content (AvgIpc) is 2.79. The Morgan fingerprint density at radius 3 is 2.50 bits per heavy atom. The Hall–Kier alpha value is -2.94. The fraction of sp³-hybridized carbons (Fsp3) is 0.360. The summed E-state index contributed by atoms with van der Waals surface area (Å²) in [7, 11) is 1.50. The number of morpholine rings is 1. The molecule has 34 heavy (non-hydrogen) atoms. The van der Waals surface area contributed by atoms with Crippen LogP contribution >= 0.6 is 11.6 Å². The highest BCUT2D eigenvalue weighted by molar-refractivity contribution is 6.32. The number of carbonyl (C=O) groups is 2. The van der Waals surface area contributed by atoms with Gasteiger partial charge in [-0.15, -0.1) is 0 Å². The molecule has 0 spiro atoms. The fourth-order valence-corrected chi connectivity index (χ4v) is 4.74. The molecule has 0 radical (unpaired) electrons. The zero-order valence-corrected chi connectivity index (χ0v) is 19.8. The van der Waals surface area contributed by atoms with Crippen molar-refractivity contribution in [3.8, 4) is 5.75 Å². The summed E-state index contributed by atoms with van der Waals surface area (Å²) in [6, 6.07) is 9.61. The van der Waals surface area contributed by atoms with Crippen molar-refractivity contribution in [3.63, 3.8) is 0 Å². The van der Waals surface area contributed by atoms with Crippen LogP contribution in [0.1, 0.15) is 18.1 Å². The van der Waals surface area contributed by atoms with E-state index in [-0.39, 0.29) is 29.7 Å². The zero-order chi connectivity index (χ0) is 24.2. The number of fused-ring (bicyclic) bond motifs is 2. The van der Waals surface area contributed by atoms with E-state index >= 15 is 0 Å². The lowest BCUT2D eigenvalue weighted by Crippen LogP contribution is -2.65. The van der Waals surface area contributed by atoms with Crippen molar-refractivity contribution in [2.75, 3.05) is 38.7 Å². The number of amides is 2. The quantitative estimate of drug-likeness (QED) is 0.631. The van der Waals surface area contributed by atoms with E-state index in [0.29, 0.717) is 54.9 Å². The molecule has 2 aliphatic rings. The zero-order valence-electron chi connectivity index (χ0n) is 19.1. The number of carbonyl (C=O) groups excluding carboxylic acids is 2. The Morgan fingerprint density at radius 1 is 1.21 bits per heavy atom. The van der Waals surface area contributed by atoms with Crippen LogP contribution in [0.4, 0.5) is 10.1 Å². The normalized spacial score (nSPS) is 20.4. The van der Waals surface area contributed by atoms with Gasteiger partial charge in [0.2, 0.25) is 11.8 Å². The molecule has 9 heteroatoms. The van der Waals surface area contributed by atoms with Crippen LogP contribution in [-0.4, -0.2) is 67.1 Å². The van der Waals surface area contributed by atoms with Gasteiger partial charge >= 0.3 is 0 Å². The van der Waals surface area contributed by atoms with Crippen molar-refractivity contribution < 1.29 is 23.5 Å². The number of piperazine rings is 1. The number of rotatable bonds is 6. The van der Waals surface area contributed by atoms with Gasteiger partial charge in [-0.25, -0.2) is 4.39 Å². The lowest BCUT2D eigenvalue weighted by molar-refractivity contribution is -0.150. The second kappa shape index (κ2) is 10.5. The second-order valence-corrected chi connectivity index (χ2v) is 8.91. The molecule has 2 heterocycles. The number of methoxy groups -OCH3 is 1. The van der Waals surface area contributed by atoms with Crippen LogP contribution in [0.3, 0.4) is 0 Å². The van der Waals surface area contributed by atoms with Crippen molar-refractivity contribution in [1.29, 1.82) is 0 Å². The molecule has 2 aromatic rings. The molecule has 2 bridgehead atoms. The number of nitrogens with zero attached hydrogens (tertiary/aromatic N) is 2. The maximum Gasteiger partial charge on any atom is 0.247 e. The van der Waals surface area contributed by atoms with E-state index in [2.05, 4.69) is 10.2 Å². The van der Waals surface area contributed by atoms with Crippen molar-refractivity contribution >= 4 is 35.2 Å². The Labute approximate surface area is 203 Å². The van der Waals surface area contributed by atoms with Crippen LogP contribution in [0.15, 0.2) is 42.5 Å². The molecule has 2 fully saturated rings. The fourth-order valence-electron chi connectivity index (χ4n) is 4.50. The molecule has 0 aromatic heterocycles. The minimum atomic E-state index is -0.254. The predicted molar refractivity (Wildman–Crippen MR) is 128 cm³/mol. The maximum atomic E-state index is 13.2. The molecule has 2 aromatic carbocycles. The summed E-state index contributed by atoms with van der Waals surface area (Å²) in [4.78, 5) is 29.0. The Kier molecular flexibility index (Phi) is 7.50. The van der Waals surface area contributed by atoms with Crippen LogP contribution < -0.4 is 10.1 Å². The first kappa shape index (κ1) is 24.2. The van der Waals surface area contributed by atoms with Gasteiger partial charge in [-0.2, -0.15) is 0 Å². The molecule has 0 aliphatic carbocycles. The predicted octanol–water partition coefficient (Wildman–Crippen LogP) is 3.57. The van der Waals surface area contributed by atoms with Gasteiger partial charge in [0.15, 0.2) is 0 Å². The monoisotopic (exact) mass is 487 g/mol. The van der Waals surface area contributed by atoms with Gasteiger partial charge < -0.3 is 19.7 Å². The molecule has 2 saturated heterocycles. The van der Waals surface area contributed by atoms with E-state index in [9.17, 15) is 14.0 Å². The molecule has 2 unspecified atom stereocenters. The van der Waals surface area contributed by atoms with Gasteiger partial charge in [0.25, 0.3) is 0 Å². The largest absolute Gasteiger partial charge is 0.495 e. The maximum absolute atomic E-state index is 13.2. The van der Waals surface area contributed by atoms with E-state index in [4.69, 9.17) is 21.1 Å². The Balaban J connectivity index is 1.49. The summed E-state index contributed by atoms with van der Waals surface area (Å²) in [5.41, 5.74) is 2.14. The summed E-state index contributed by atoms with van der Waals surface area (Å²) in [5, 5.41) is 3.10.